The average Bonchev–Trinajstić information content (AvgIpc) is 2.64. The van der Waals surface area contributed by atoms with Crippen LogP contribution in [0.3, 0.4) is 0 Å². The Labute approximate surface area is 168 Å². The van der Waals surface area contributed by atoms with E-state index in [1.165, 1.54) is 48.5 Å². The van der Waals surface area contributed by atoms with Crippen molar-refractivity contribution in [1.82, 2.24) is 0 Å². The molecule has 2 N–H and O–H groups in total. The molecule has 28 heavy (non-hydrogen) atoms. The van der Waals surface area contributed by atoms with Gasteiger partial charge >= 0.3 is 23.9 Å². The van der Waals surface area contributed by atoms with E-state index in [0.29, 0.717) is 10.0 Å². The summed E-state index contributed by atoms with van der Waals surface area (Å²) in [5.41, 5.74) is -0.132. The normalized spacial score (nSPS) is 12.5. The zero-order valence-electron chi connectivity index (χ0n) is 13.9. The second kappa shape index (κ2) is 9.20. The highest BCUT2D eigenvalue weighted by atomic mass is 35.5. The first-order valence-corrected chi connectivity index (χ1v) is 8.33. The molecule has 8 nitrogen and oxygen atoms in total. The van der Waals surface area contributed by atoms with E-state index in [9.17, 15) is 29.4 Å². The summed E-state index contributed by atoms with van der Waals surface area (Å²) in [5.74, 6) is -5.87. The molecule has 0 radical (unpaired) electrons. The van der Waals surface area contributed by atoms with Crippen LogP contribution in [-0.2, 0) is 19.1 Å². The number of hydrogen-bond donors (Lipinski definition) is 2. The summed E-state index contributed by atoms with van der Waals surface area (Å²) in [6, 6.07) is 10.5. The summed E-state index contributed by atoms with van der Waals surface area (Å²) >= 11 is 11.4. The lowest BCUT2D eigenvalue weighted by Crippen LogP contribution is -2.45. The van der Waals surface area contributed by atoms with E-state index in [4.69, 9.17) is 32.7 Å². The fourth-order valence-corrected chi connectivity index (χ4v) is 2.27. The first-order chi connectivity index (χ1) is 13.2. The van der Waals surface area contributed by atoms with E-state index in [0.717, 1.165) is 0 Å². The molecule has 0 heterocycles. The zero-order chi connectivity index (χ0) is 20.8. The van der Waals surface area contributed by atoms with Crippen LogP contribution in [0.15, 0.2) is 48.5 Å². The molecular weight excluding hydrogens is 415 g/mol. The van der Waals surface area contributed by atoms with Gasteiger partial charge in [0.05, 0.1) is 11.1 Å². The maximum atomic E-state index is 12.1. The van der Waals surface area contributed by atoms with E-state index in [1.54, 1.807) is 0 Å². The largest absolute Gasteiger partial charge is 0.478 e. The number of benzene rings is 2. The summed E-state index contributed by atoms with van der Waals surface area (Å²) in [6.07, 6.45) is -4.56. The van der Waals surface area contributed by atoms with Gasteiger partial charge < -0.3 is 19.7 Å². The highest BCUT2D eigenvalue weighted by Crippen LogP contribution is 2.16. The second-order valence-electron chi connectivity index (χ2n) is 5.34. The molecule has 2 aromatic rings. The number of hydrogen-bond acceptors (Lipinski definition) is 6. The molecule has 0 bridgehead atoms. The molecule has 0 fully saturated rings. The first-order valence-electron chi connectivity index (χ1n) is 7.57. The van der Waals surface area contributed by atoms with Gasteiger partial charge in [-0.2, -0.15) is 0 Å². The van der Waals surface area contributed by atoms with Crippen molar-refractivity contribution in [2.45, 2.75) is 12.2 Å². The summed E-state index contributed by atoms with van der Waals surface area (Å²) in [6.45, 7) is 0. The molecule has 2 rings (SSSR count). The Morgan fingerprint density at radius 3 is 1.18 bits per heavy atom. The van der Waals surface area contributed by atoms with Gasteiger partial charge in [-0.25, -0.2) is 19.2 Å². The maximum absolute atomic E-state index is 12.1. The van der Waals surface area contributed by atoms with Gasteiger partial charge in [0, 0.05) is 10.0 Å². The predicted molar refractivity (Wildman–Crippen MR) is 96.6 cm³/mol. The number of carboxylic acid groups (broad SMARTS) is 2. The fraction of sp³-hybridized carbons (Fsp3) is 0.111. The molecule has 10 heteroatoms. The maximum Gasteiger partial charge on any atom is 0.349 e. The SMILES string of the molecule is O=C(O[C@H](C(=O)O)[C@H](OC(=O)c1ccc(Cl)cc1)C(=O)O)c1ccc(Cl)cc1. The second-order valence-corrected chi connectivity index (χ2v) is 6.21. The lowest BCUT2D eigenvalue weighted by Gasteiger charge is -2.21. The molecule has 146 valence electrons. The molecule has 0 unspecified atom stereocenters. The van der Waals surface area contributed by atoms with Crippen molar-refractivity contribution >= 4 is 47.1 Å². The number of carbonyl (C=O) groups excluding carboxylic acids is 2. The standard InChI is InChI=1S/C18H12Cl2O8/c19-11-5-1-9(2-6-11)17(25)27-13(15(21)22)14(16(23)24)28-18(26)10-3-7-12(20)8-4-10/h1-8,13-14H,(H,21,22)(H,23,24)/t13-,14-/m0/s1. The molecule has 0 saturated carbocycles. The molecule has 2 aromatic carbocycles. The van der Waals surface area contributed by atoms with Crippen LogP contribution in [-0.4, -0.2) is 46.3 Å². The van der Waals surface area contributed by atoms with Gasteiger partial charge in [0.15, 0.2) is 0 Å². The summed E-state index contributed by atoms with van der Waals surface area (Å²) in [5, 5.41) is 19.2. The van der Waals surface area contributed by atoms with Crippen LogP contribution < -0.4 is 0 Å². The molecule has 0 aliphatic carbocycles. The van der Waals surface area contributed by atoms with E-state index in [-0.39, 0.29) is 11.1 Å². The van der Waals surface area contributed by atoms with Crippen molar-refractivity contribution in [3.63, 3.8) is 0 Å². The van der Waals surface area contributed by atoms with Crippen molar-refractivity contribution in [1.29, 1.82) is 0 Å². The zero-order valence-corrected chi connectivity index (χ0v) is 15.4. The highest BCUT2D eigenvalue weighted by molar-refractivity contribution is 6.31. The first kappa shape index (κ1) is 21.2. The quantitative estimate of drug-likeness (QED) is 0.646. The molecule has 0 saturated heterocycles. The smallest absolute Gasteiger partial charge is 0.349 e. The number of ether oxygens (including phenoxy) is 2. The van der Waals surface area contributed by atoms with E-state index in [1.807, 2.05) is 0 Å². The summed E-state index contributed by atoms with van der Waals surface area (Å²) in [7, 11) is 0. The van der Waals surface area contributed by atoms with Gasteiger partial charge in [-0.15, -0.1) is 0 Å². The Morgan fingerprint density at radius 1 is 0.643 bits per heavy atom. The van der Waals surface area contributed by atoms with Crippen molar-refractivity contribution in [3.05, 3.63) is 69.7 Å². The van der Waals surface area contributed by atoms with Crippen LogP contribution in [0, 0.1) is 0 Å². The van der Waals surface area contributed by atoms with E-state index in [2.05, 4.69) is 0 Å². The monoisotopic (exact) mass is 426 g/mol. The lowest BCUT2D eigenvalue weighted by molar-refractivity contribution is -0.166. The van der Waals surface area contributed by atoms with Crippen molar-refractivity contribution < 1.29 is 38.9 Å². The Morgan fingerprint density at radius 2 is 0.929 bits per heavy atom. The van der Waals surface area contributed by atoms with Gasteiger partial charge in [-0.05, 0) is 48.5 Å². The molecule has 0 amide bonds. The van der Waals surface area contributed by atoms with Crippen molar-refractivity contribution in [2.24, 2.45) is 0 Å². The number of halogens is 2. The Kier molecular flexibility index (Phi) is 6.97. The Hall–Kier alpha value is -3.10. The van der Waals surface area contributed by atoms with Crippen LogP contribution in [0.2, 0.25) is 10.0 Å². The number of carboxylic acids is 2. The highest BCUT2D eigenvalue weighted by Gasteiger charge is 2.41. The van der Waals surface area contributed by atoms with Gasteiger partial charge in [0.1, 0.15) is 0 Å². The third-order valence-electron chi connectivity index (χ3n) is 3.39. The minimum Gasteiger partial charge on any atom is -0.478 e. The number of esters is 2. The van der Waals surface area contributed by atoms with Gasteiger partial charge in [-0.1, -0.05) is 23.2 Å². The van der Waals surface area contributed by atoms with Gasteiger partial charge in [0.25, 0.3) is 0 Å². The molecule has 0 spiro atoms. The number of rotatable bonds is 7. The molecule has 0 aliphatic rings. The van der Waals surface area contributed by atoms with Crippen LogP contribution in [0.5, 0.6) is 0 Å². The van der Waals surface area contributed by atoms with E-state index < -0.39 is 36.1 Å². The van der Waals surface area contributed by atoms with Crippen LogP contribution in [0.4, 0.5) is 0 Å². The summed E-state index contributed by atoms with van der Waals surface area (Å²) in [4.78, 5) is 47.1. The molecular formula is C18H12Cl2O8. The third kappa shape index (κ3) is 5.45. The Bertz CT molecular complexity index is 817. The van der Waals surface area contributed by atoms with E-state index >= 15 is 0 Å². The summed E-state index contributed by atoms with van der Waals surface area (Å²) < 4.78 is 9.51. The number of carbonyl (C=O) groups is 4. The van der Waals surface area contributed by atoms with Crippen molar-refractivity contribution in [3.8, 4) is 0 Å². The van der Waals surface area contributed by atoms with Crippen LogP contribution in [0.1, 0.15) is 20.7 Å². The average molecular weight is 427 g/mol. The molecule has 0 aliphatic heterocycles. The van der Waals surface area contributed by atoms with Gasteiger partial charge in [0.2, 0.25) is 12.2 Å². The molecule has 2 atom stereocenters. The van der Waals surface area contributed by atoms with Crippen LogP contribution >= 0.6 is 23.2 Å². The van der Waals surface area contributed by atoms with Crippen molar-refractivity contribution in [2.75, 3.05) is 0 Å². The Balaban J connectivity index is 2.21. The topological polar surface area (TPSA) is 127 Å². The molecule has 0 aromatic heterocycles. The third-order valence-corrected chi connectivity index (χ3v) is 3.89. The number of aliphatic carboxylic acids is 2. The van der Waals surface area contributed by atoms with Gasteiger partial charge in [-0.3, -0.25) is 0 Å². The predicted octanol–water partition coefficient (Wildman–Crippen LogP) is 2.91. The fourth-order valence-electron chi connectivity index (χ4n) is 2.02. The lowest BCUT2D eigenvalue weighted by atomic mass is 10.1. The minimum atomic E-state index is -2.28. The van der Waals surface area contributed by atoms with Crippen LogP contribution in [0.25, 0.3) is 0 Å². The minimum absolute atomic E-state index is 0.0659.